The Balaban J connectivity index is 1.56. The monoisotopic (exact) mass is 390 g/mol. The van der Waals surface area contributed by atoms with Crippen molar-refractivity contribution in [2.24, 2.45) is 0 Å². The molecule has 27 heavy (non-hydrogen) atoms. The zero-order valence-corrected chi connectivity index (χ0v) is 15.8. The second kappa shape index (κ2) is 8.08. The van der Waals surface area contributed by atoms with Gasteiger partial charge in [-0.1, -0.05) is 18.2 Å². The first-order valence-electron chi connectivity index (χ1n) is 8.62. The smallest absolute Gasteiger partial charge is 0.230 e. The fraction of sp³-hybridized carbons (Fsp3) is 0.300. The Morgan fingerprint density at radius 2 is 1.93 bits per heavy atom. The normalized spacial score (nSPS) is 15.0. The van der Waals surface area contributed by atoms with Crippen LogP contribution in [0.2, 0.25) is 0 Å². The number of hydrogen-bond acceptors (Lipinski definition) is 3. The van der Waals surface area contributed by atoms with Crippen molar-refractivity contribution >= 4 is 29.3 Å². The number of amides is 2. The Bertz CT molecular complexity index is 868. The van der Waals surface area contributed by atoms with Gasteiger partial charge in [0.1, 0.15) is 11.6 Å². The third kappa shape index (κ3) is 4.47. The maximum Gasteiger partial charge on any atom is 0.230 e. The quantitative estimate of drug-likeness (QED) is 0.780. The molecule has 2 atom stereocenters. The van der Waals surface area contributed by atoms with Gasteiger partial charge in [-0.25, -0.2) is 8.78 Å². The molecule has 0 spiro atoms. The van der Waals surface area contributed by atoms with Crippen molar-refractivity contribution in [1.82, 2.24) is 5.32 Å². The molecule has 1 aliphatic heterocycles. The van der Waals surface area contributed by atoms with Gasteiger partial charge in [-0.15, -0.1) is 11.8 Å². The third-order valence-corrected chi connectivity index (χ3v) is 5.67. The minimum Gasteiger partial charge on any atom is -0.349 e. The van der Waals surface area contributed by atoms with E-state index in [4.69, 9.17) is 0 Å². The molecular formula is C20H20F2N2O2S. The topological polar surface area (TPSA) is 58.2 Å². The lowest BCUT2D eigenvalue weighted by molar-refractivity contribution is -0.119. The van der Waals surface area contributed by atoms with Crippen LogP contribution in [0.25, 0.3) is 0 Å². The summed E-state index contributed by atoms with van der Waals surface area (Å²) in [5, 5.41) is 5.17. The molecule has 0 fully saturated rings. The van der Waals surface area contributed by atoms with E-state index in [1.54, 1.807) is 6.92 Å². The van der Waals surface area contributed by atoms with E-state index in [0.717, 1.165) is 16.8 Å². The van der Waals surface area contributed by atoms with Gasteiger partial charge in [-0.3, -0.25) is 9.59 Å². The summed E-state index contributed by atoms with van der Waals surface area (Å²) >= 11 is 1.18. The molecule has 1 aliphatic rings. The average Bonchev–Trinajstić information content (AvgIpc) is 2.98. The van der Waals surface area contributed by atoms with Crippen molar-refractivity contribution in [3.63, 3.8) is 0 Å². The lowest BCUT2D eigenvalue weighted by Gasteiger charge is -2.17. The van der Waals surface area contributed by atoms with Crippen molar-refractivity contribution in [3.8, 4) is 0 Å². The van der Waals surface area contributed by atoms with Crippen molar-refractivity contribution < 1.29 is 18.4 Å². The van der Waals surface area contributed by atoms with Gasteiger partial charge in [0.05, 0.1) is 18.2 Å². The molecule has 2 aromatic carbocycles. The molecule has 2 amide bonds. The van der Waals surface area contributed by atoms with E-state index >= 15 is 0 Å². The van der Waals surface area contributed by atoms with Crippen LogP contribution in [0.3, 0.4) is 0 Å². The lowest BCUT2D eigenvalue weighted by Crippen LogP contribution is -2.28. The van der Waals surface area contributed by atoms with Crippen LogP contribution in [0.4, 0.5) is 14.5 Å². The molecule has 0 aliphatic carbocycles. The van der Waals surface area contributed by atoms with E-state index in [-0.39, 0.29) is 29.2 Å². The summed E-state index contributed by atoms with van der Waals surface area (Å²) in [4.78, 5) is 23.7. The van der Waals surface area contributed by atoms with Crippen molar-refractivity contribution in [2.45, 2.75) is 31.6 Å². The van der Waals surface area contributed by atoms with E-state index in [0.29, 0.717) is 6.42 Å². The Kier molecular flexibility index (Phi) is 5.79. The summed E-state index contributed by atoms with van der Waals surface area (Å²) in [6, 6.07) is 9.11. The average molecular weight is 390 g/mol. The van der Waals surface area contributed by atoms with Crippen LogP contribution in [0, 0.1) is 11.6 Å². The number of thioether (sulfide) groups is 1. The van der Waals surface area contributed by atoms with Gasteiger partial charge in [0.25, 0.3) is 0 Å². The fourth-order valence-electron chi connectivity index (χ4n) is 3.07. The zero-order chi connectivity index (χ0) is 19.6. The lowest BCUT2D eigenvalue weighted by atomic mass is 10.0. The molecule has 2 N–H and O–H groups in total. The van der Waals surface area contributed by atoms with Gasteiger partial charge in [0.2, 0.25) is 11.8 Å². The van der Waals surface area contributed by atoms with Gasteiger partial charge in [-0.2, -0.15) is 0 Å². The van der Waals surface area contributed by atoms with E-state index in [1.165, 1.54) is 30.0 Å². The molecule has 4 nitrogen and oxygen atoms in total. The molecule has 0 bridgehead atoms. The summed E-state index contributed by atoms with van der Waals surface area (Å²) in [6.45, 7) is 3.53. The first-order chi connectivity index (χ1) is 12.8. The molecule has 0 radical (unpaired) electrons. The summed E-state index contributed by atoms with van der Waals surface area (Å²) < 4.78 is 27.6. The molecule has 3 rings (SSSR count). The van der Waals surface area contributed by atoms with Gasteiger partial charge in [0.15, 0.2) is 0 Å². The number of rotatable bonds is 6. The first kappa shape index (κ1) is 19.4. The standard InChI is InChI=1S/C20H20F2N2O2S/c1-11(13-6-7-17-14(8-13)9-18(25)24-17)23-19(26)10-27-12(2)20-15(21)4-3-5-16(20)22/h3-8,11-12H,9-10H2,1-2H3,(H,23,26)(H,24,25)/t11-,12+/m1/s1. The maximum atomic E-state index is 13.8. The number of anilines is 1. The third-order valence-electron chi connectivity index (χ3n) is 4.50. The van der Waals surface area contributed by atoms with Crippen LogP contribution in [-0.2, 0) is 16.0 Å². The van der Waals surface area contributed by atoms with Crippen molar-refractivity contribution in [3.05, 3.63) is 64.7 Å². The maximum absolute atomic E-state index is 13.8. The van der Waals surface area contributed by atoms with E-state index in [1.807, 2.05) is 25.1 Å². The highest BCUT2D eigenvalue weighted by Gasteiger charge is 2.20. The summed E-state index contributed by atoms with van der Waals surface area (Å²) in [6.07, 6.45) is 0.339. The minimum absolute atomic E-state index is 0.0147. The van der Waals surface area contributed by atoms with Crippen LogP contribution in [-0.4, -0.2) is 17.6 Å². The van der Waals surface area contributed by atoms with E-state index in [9.17, 15) is 18.4 Å². The predicted molar refractivity (Wildman–Crippen MR) is 103 cm³/mol. The molecular weight excluding hydrogens is 370 g/mol. The number of hydrogen-bond donors (Lipinski definition) is 2. The van der Waals surface area contributed by atoms with Crippen LogP contribution in [0.1, 0.15) is 41.8 Å². The number of fused-ring (bicyclic) bond motifs is 1. The fourth-order valence-corrected chi connectivity index (χ4v) is 3.94. The SMILES string of the molecule is C[C@H](SCC(=O)N[C@H](C)c1ccc2c(c1)CC(=O)N2)c1c(F)cccc1F. The van der Waals surface area contributed by atoms with E-state index < -0.39 is 16.9 Å². The second-order valence-corrected chi connectivity index (χ2v) is 7.85. The number of halogens is 2. The Morgan fingerprint density at radius 3 is 2.63 bits per heavy atom. The highest BCUT2D eigenvalue weighted by molar-refractivity contribution is 8.00. The molecule has 1 heterocycles. The molecule has 0 aromatic heterocycles. The molecule has 2 aromatic rings. The summed E-state index contributed by atoms with van der Waals surface area (Å²) in [5.74, 6) is -1.38. The number of carbonyl (C=O) groups excluding carboxylic acids is 2. The van der Waals surface area contributed by atoms with E-state index in [2.05, 4.69) is 10.6 Å². The predicted octanol–water partition coefficient (Wildman–Crippen LogP) is 4.13. The molecule has 0 unspecified atom stereocenters. The molecule has 0 saturated carbocycles. The molecule has 7 heteroatoms. The van der Waals surface area contributed by atoms with Crippen LogP contribution >= 0.6 is 11.8 Å². The summed E-state index contributed by atoms with van der Waals surface area (Å²) in [5.41, 5.74) is 2.60. The van der Waals surface area contributed by atoms with Crippen LogP contribution in [0.15, 0.2) is 36.4 Å². The number of carbonyl (C=O) groups is 2. The van der Waals surface area contributed by atoms with Gasteiger partial charge in [-0.05, 0) is 43.2 Å². The van der Waals surface area contributed by atoms with Gasteiger partial charge in [0, 0.05) is 16.5 Å². The minimum atomic E-state index is -0.606. The molecule has 142 valence electrons. The van der Waals surface area contributed by atoms with Crippen LogP contribution in [0.5, 0.6) is 0 Å². The summed E-state index contributed by atoms with van der Waals surface area (Å²) in [7, 11) is 0. The van der Waals surface area contributed by atoms with Crippen LogP contribution < -0.4 is 10.6 Å². The Hall–Kier alpha value is -2.41. The Morgan fingerprint density at radius 1 is 1.22 bits per heavy atom. The first-order valence-corrected chi connectivity index (χ1v) is 9.67. The van der Waals surface area contributed by atoms with Crippen molar-refractivity contribution in [1.29, 1.82) is 0 Å². The zero-order valence-electron chi connectivity index (χ0n) is 15.0. The Labute approximate surface area is 160 Å². The number of benzene rings is 2. The number of nitrogens with one attached hydrogen (secondary N) is 2. The van der Waals surface area contributed by atoms with Crippen molar-refractivity contribution in [2.75, 3.05) is 11.1 Å². The molecule has 0 saturated heterocycles. The largest absolute Gasteiger partial charge is 0.349 e. The van der Waals surface area contributed by atoms with Gasteiger partial charge < -0.3 is 10.6 Å². The van der Waals surface area contributed by atoms with Gasteiger partial charge >= 0.3 is 0 Å². The highest BCUT2D eigenvalue weighted by Crippen LogP contribution is 2.32. The highest BCUT2D eigenvalue weighted by atomic mass is 32.2. The second-order valence-electron chi connectivity index (χ2n) is 6.52.